The van der Waals surface area contributed by atoms with Crippen LogP contribution in [0.2, 0.25) is 0 Å². The van der Waals surface area contributed by atoms with Gasteiger partial charge in [-0.05, 0) is 60.6 Å². The van der Waals surface area contributed by atoms with Crippen molar-refractivity contribution in [2.24, 2.45) is 0 Å². The van der Waals surface area contributed by atoms with E-state index in [0.29, 0.717) is 12.6 Å². The summed E-state index contributed by atoms with van der Waals surface area (Å²) in [5.74, 6) is 0.898. The van der Waals surface area contributed by atoms with Crippen LogP contribution in [-0.2, 0) is 19.6 Å². The molecule has 148 valence electrons. The fourth-order valence-electron chi connectivity index (χ4n) is 3.82. The van der Waals surface area contributed by atoms with Crippen molar-refractivity contribution in [2.75, 3.05) is 6.54 Å². The van der Waals surface area contributed by atoms with Gasteiger partial charge in [-0.3, -0.25) is 4.90 Å². The standard InChI is InChI=1S/C24H30N2O2/c1-17(2)25-13-18-6-8-19(9-7-18)14-26-15-20-10-11-22(28-21-4-3-5-21)12-23(20)24(27)16-26/h6-12,21,24-25,27H,1,3-5,13-16H2,2H3. The third kappa shape index (κ3) is 4.57. The third-order valence-electron chi connectivity index (χ3n) is 5.68. The number of benzene rings is 2. The van der Waals surface area contributed by atoms with Crippen molar-refractivity contribution in [3.8, 4) is 5.75 Å². The molecule has 0 saturated heterocycles. The minimum Gasteiger partial charge on any atom is -0.490 e. The Labute approximate surface area is 167 Å². The SMILES string of the molecule is C=C(C)NCc1ccc(CN2Cc3ccc(OC4CCC4)cc3C(O)C2)cc1. The molecule has 2 N–H and O–H groups in total. The van der Waals surface area contributed by atoms with Crippen LogP contribution >= 0.6 is 0 Å². The highest BCUT2D eigenvalue weighted by atomic mass is 16.5. The second-order valence-electron chi connectivity index (χ2n) is 8.17. The number of aliphatic hydroxyl groups is 1. The molecular formula is C24H30N2O2. The first-order chi connectivity index (χ1) is 13.6. The number of aliphatic hydroxyl groups excluding tert-OH is 1. The number of rotatable bonds is 7. The van der Waals surface area contributed by atoms with Crippen molar-refractivity contribution in [3.05, 3.63) is 77.0 Å². The average Bonchev–Trinajstić information content (AvgIpc) is 2.64. The van der Waals surface area contributed by atoms with Gasteiger partial charge in [-0.1, -0.05) is 36.9 Å². The van der Waals surface area contributed by atoms with Gasteiger partial charge in [-0.2, -0.15) is 0 Å². The zero-order valence-electron chi connectivity index (χ0n) is 16.7. The molecule has 0 bridgehead atoms. The van der Waals surface area contributed by atoms with Crippen LogP contribution in [0.25, 0.3) is 0 Å². The van der Waals surface area contributed by atoms with E-state index in [2.05, 4.69) is 53.2 Å². The summed E-state index contributed by atoms with van der Waals surface area (Å²) in [6, 6.07) is 14.9. The van der Waals surface area contributed by atoms with Crippen LogP contribution in [0.1, 0.15) is 54.5 Å². The second-order valence-corrected chi connectivity index (χ2v) is 8.17. The molecule has 4 rings (SSSR count). The minimum atomic E-state index is -0.465. The summed E-state index contributed by atoms with van der Waals surface area (Å²) in [5, 5.41) is 13.9. The van der Waals surface area contributed by atoms with E-state index in [4.69, 9.17) is 4.74 Å². The lowest BCUT2D eigenvalue weighted by Gasteiger charge is -2.33. The first kappa shape index (κ1) is 19.0. The van der Waals surface area contributed by atoms with Gasteiger partial charge < -0.3 is 15.2 Å². The summed E-state index contributed by atoms with van der Waals surface area (Å²) in [7, 11) is 0. The van der Waals surface area contributed by atoms with E-state index in [1.54, 1.807) is 0 Å². The highest BCUT2D eigenvalue weighted by Crippen LogP contribution is 2.32. The lowest BCUT2D eigenvalue weighted by molar-refractivity contribution is 0.0863. The molecular weight excluding hydrogens is 348 g/mol. The molecule has 1 aliphatic heterocycles. The lowest BCUT2D eigenvalue weighted by Crippen LogP contribution is -2.33. The summed E-state index contributed by atoms with van der Waals surface area (Å²) in [6.07, 6.45) is 3.46. The van der Waals surface area contributed by atoms with Gasteiger partial charge in [0.05, 0.1) is 12.2 Å². The molecule has 1 saturated carbocycles. The number of nitrogens with one attached hydrogen (secondary N) is 1. The first-order valence-electron chi connectivity index (χ1n) is 10.2. The topological polar surface area (TPSA) is 44.7 Å². The van der Waals surface area contributed by atoms with Crippen molar-refractivity contribution in [2.45, 2.75) is 58.0 Å². The Morgan fingerprint density at radius 1 is 1.18 bits per heavy atom. The molecule has 0 spiro atoms. The van der Waals surface area contributed by atoms with E-state index in [0.717, 1.165) is 49.5 Å². The molecule has 0 radical (unpaired) electrons. The van der Waals surface area contributed by atoms with E-state index in [1.165, 1.54) is 23.1 Å². The molecule has 4 nitrogen and oxygen atoms in total. The van der Waals surface area contributed by atoms with Gasteiger partial charge in [-0.15, -0.1) is 0 Å². The van der Waals surface area contributed by atoms with Crippen LogP contribution in [0.15, 0.2) is 54.7 Å². The Morgan fingerprint density at radius 2 is 1.93 bits per heavy atom. The zero-order chi connectivity index (χ0) is 19.5. The number of β-amino-alcohol motifs (C(OH)–C–C–N with tert-alkyl or cyclic N) is 1. The maximum absolute atomic E-state index is 10.7. The highest BCUT2D eigenvalue weighted by molar-refractivity contribution is 5.39. The van der Waals surface area contributed by atoms with Crippen LogP contribution in [-0.4, -0.2) is 22.7 Å². The van der Waals surface area contributed by atoms with Crippen LogP contribution < -0.4 is 10.1 Å². The van der Waals surface area contributed by atoms with Gasteiger partial charge in [0.1, 0.15) is 5.75 Å². The minimum absolute atomic E-state index is 0.365. The first-order valence-corrected chi connectivity index (χ1v) is 10.2. The summed E-state index contributed by atoms with van der Waals surface area (Å²) < 4.78 is 6.00. The Balaban J connectivity index is 1.37. The molecule has 1 unspecified atom stereocenters. The van der Waals surface area contributed by atoms with Gasteiger partial charge in [0.25, 0.3) is 0 Å². The molecule has 1 fully saturated rings. The van der Waals surface area contributed by atoms with Gasteiger partial charge >= 0.3 is 0 Å². The average molecular weight is 379 g/mol. The van der Waals surface area contributed by atoms with Crippen LogP contribution in [0.4, 0.5) is 0 Å². The molecule has 1 aliphatic carbocycles. The van der Waals surface area contributed by atoms with E-state index in [-0.39, 0.29) is 0 Å². The van der Waals surface area contributed by atoms with Crippen molar-refractivity contribution >= 4 is 0 Å². The molecule has 2 aromatic rings. The third-order valence-corrected chi connectivity index (χ3v) is 5.68. The summed E-state index contributed by atoms with van der Waals surface area (Å²) in [4.78, 5) is 2.31. The van der Waals surface area contributed by atoms with Crippen molar-refractivity contribution in [3.63, 3.8) is 0 Å². The maximum atomic E-state index is 10.7. The van der Waals surface area contributed by atoms with Crippen LogP contribution in [0.5, 0.6) is 5.75 Å². The second kappa shape index (κ2) is 8.38. The monoisotopic (exact) mass is 378 g/mol. The molecule has 1 atom stereocenters. The number of hydrogen-bond acceptors (Lipinski definition) is 4. The Kier molecular flexibility index (Phi) is 5.69. The Morgan fingerprint density at radius 3 is 2.61 bits per heavy atom. The fraction of sp³-hybridized carbons (Fsp3) is 0.417. The molecule has 0 aromatic heterocycles. The van der Waals surface area contributed by atoms with E-state index in [9.17, 15) is 5.11 Å². The number of allylic oxidation sites excluding steroid dienone is 1. The number of nitrogens with zero attached hydrogens (tertiary/aromatic N) is 1. The smallest absolute Gasteiger partial charge is 0.120 e. The van der Waals surface area contributed by atoms with Crippen LogP contribution in [0.3, 0.4) is 0 Å². The number of ether oxygens (including phenoxy) is 1. The molecule has 2 aliphatic rings. The highest BCUT2D eigenvalue weighted by Gasteiger charge is 2.25. The van der Waals surface area contributed by atoms with Gasteiger partial charge in [0.2, 0.25) is 0 Å². The Hall–Kier alpha value is -2.30. The van der Waals surface area contributed by atoms with Gasteiger partial charge in [0.15, 0.2) is 0 Å². The quantitative estimate of drug-likeness (QED) is 0.754. The predicted molar refractivity (Wildman–Crippen MR) is 112 cm³/mol. The number of fused-ring (bicyclic) bond motifs is 1. The normalized spacial score (nSPS) is 19.6. The molecule has 28 heavy (non-hydrogen) atoms. The van der Waals surface area contributed by atoms with Crippen molar-refractivity contribution in [1.29, 1.82) is 0 Å². The van der Waals surface area contributed by atoms with Gasteiger partial charge in [-0.25, -0.2) is 0 Å². The van der Waals surface area contributed by atoms with Crippen molar-refractivity contribution in [1.82, 2.24) is 10.2 Å². The van der Waals surface area contributed by atoms with Crippen LogP contribution in [0, 0.1) is 0 Å². The van der Waals surface area contributed by atoms with Crippen molar-refractivity contribution < 1.29 is 9.84 Å². The van der Waals surface area contributed by atoms with E-state index < -0.39 is 6.10 Å². The molecule has 1 heterocycles. The lowest BCUT2D eigenvalue weighted by atomic mass is 9.95. The largest absolute Gasteiger partial charge is 0.490 e. The Bertz CT molecular complexity index is 827. The summed E-state index contributed by atoms with van der Waals surface area (Å²) >= 11 is 0. The molecule has 0 amide bonds. The summed E-state index contributed by atoms with van der Waals surface area (Å²) in [6.45, 7) is 8.98. The summed E-state index contributed by atoms with van der Waals surface area (Å²) in [5.41, 5.74) is 5.71. The van der Waals surface area contributed by atoms with Gasteiger partial charge in [0, 0.05) is 31.9 Å². The zero-order valence-corrected chi connectivity index (χ0v) is 16.7. The van der Waals surface area contributed by atoms with E-state index >= 15 is 0 Å². The maximum Gasteiger partial charge on any atom is 0.120 e. The molecule has 4 heteroatoms. The molecule has 2 aromatic carbocycles. The fourth-order valence-corrected chi connectivity index (χ4v) is 3.82. The van der Waals surface area contributed by atoms with E-state index in [1.807, 2.05) is 13.0 Å². The number of hydrogen-bond donors (Lipinski definition) is 2. The predicted octanol–water partition coefficient (Wildman–Crippen LogP) is 4.29.